The summed E-state index contributed by atoms with van der Waals surface area (Å²) in [6.07, 6.45) is 19.6. The minimum absolute atomic E-state index is 0.0781. The van der Waals surface area contributed by atoms with Crippen LogP contribution in [0.25, 0.3) is 0 Å². The first-order valence-corrected chi connectivity index (χ1v) is 18.4. The summed E-state index contributed by atoms with van der Waals surface area (Å²) in [5.41, 5.74) is 0.784. The van der Waals surface area contributed by atoms with Crippen LogP contribution in [0, 0.1) is 0 Å². The quantitative estimate of drug-likeness (QED) is 0.0597. The standard InChI is InChI=1S/C38H65NO8/c1-4-5-6-7-8-13-20-30-46-37(42)23-17-12-10-15-19-29-45-35-26-25-34(44-28-18-14-9-11-16-22-36(40)41)31-33(35)32-47-38(43)24-21-27-39(2)3/h25-26,31H,4-24,27-30,32H2,1-3H3,(H,40,41). The number of nitrogens with zero attached hydrogens (tertiary/aromatic N) is 1. The first-order valence-electron chi connectivity index (χ1n) is 18.4. The lowest BCUT2D eigenvalue weighted by Gasteiger charge is -2.15. The van der Waals surface area contributed by atoms with Crippen LogP contribution in [0.3, 0.4) is 0 Å². The van der Waals surface area contributed by atoms with Gasteiger partial charge in [0, 0.05) is 24.8 Å². The fourth-order valence-electron chi connectivity index (χ4n) is 5.17. The van der Waals surface area contributed by atoms with Gasteiger partial charge >= 0.3 is 17.9 Å². The third kappa shape index (κ3) is 25.9. The molecular weight excluding hydrogens is 598 g/mol. The highest BCUT2D eigenvalue weighted by Gasteiger charge is 2.11. The van der Waals surface area contributed by atoms with Crippen LogP contribution in [-0.2, 0) is 30.5 Å². The van der Waals surface area contributed by atoms with E-state index in [9.17, 15) is 14.4 Å². The van der Waals surface area contributed by atoms with Gasteiger partial charge in [-0.15, -0.1) is 0 Å². The minimum Gasteiger partial charge on any atom is -0.494 e. The molecular formula is C38H65NO8. The Hall–Kier alpha value is -2.81. The molecule has 0 atom stereocenters. The van der Waals surface area contributed by atoms with Crippen LogP contribution < -0.4 is 9.47 Å². The average molecular weight is 664 g/mol. The first kappa shape index (κ1) is 42.2. The third-order valence-electron chi connectivity index (χ3n) is 8.00. The molecule has 9 heteroatoms. The van der Waals surface area contributed by atoms with Crippen molar-refractivity contribution in [2.24, 2.45) is 0 Å². The number of unbranched alkanes of at least 4 members (excludes halogenated alkanes) is 14. The third-order valence-corrected chi connectivity index (χ3v) is 8.00. The number of carbonyl (C=O) groups excluding carboxylic acids is 2. The molecule has 1 aromatic rings. The van der Waals surface area contributed by atoms with E-state index in [4.69, 9.17) is 24.1 Å². The zero-order valence-corrected chi connectivity index (χ0v) is 29.9. The number of carbonyl (C=O) groups is 3. The Morgan fingerprint density at radius 3 is 1.79 bits per heavy atom. The molecule has 0 bridgehead atoms. The lowest BCUT2D eigenvalue weighted by molar-refractivity contribution is -0.145. The number of ether oxygens (including phenoxy) is 4. The molecule has 270 valence electrons. The molecule has 0 unspecified atom stereocenters. The Balaban J connectivity index is 2.35. The van der Waals surface area contributed by atoms with Gasteiger partial charge in [0.15, 0.2) is 0 Å². The molecule has 9 nitrogen and oxygen atoms in total. The monoisotopic (exact) mass is 663 g/mol. The maximum atomic E-state index is 12.3. The van der Waals surface area contributed by atoms with E-state index in [2.05, 4.69) is 6.92 Å². The summed E-state index contributed by atoms with van der Waals surface area (Å²) in [4.78, 5) is 37.0. The summed E-state index contributed by atoms with van der Waals surface area (Å²) in [6.45, 7) is 4.86. The van der Waals surface area contributed by atoms with Crippen molar-refractivity contribution in [1.82, 2.24) is 4.90 Å². The van der Waals surface area contributed by atoms with Crippen molar-refractivity contribution in [3.8, 4) is 11.5 Å². The number of rotatable bonds is 32. The Morgan fingerprint density at radius 2 is 1.15 bits per heavy atom. The Kier molecular flexibility index (Phi) is 26.3. The molecule has 1 rings (SSSR count). The molecule has 0 spiro atoms. The molecule has 0 aromatic heterocycles. The summed E-state index contributed by atoms with van der Waals surface area (Å²) in [7, 11) is 3.96. The molecule has 47 heavy (non-hydrogen) atoms. The van der Waals surface area contributed by atoms with Gasteiger partial charge in [-0.3, -0.25) is 14.4 Å². The summed E-state index contributed by atoms with van der Waals surface area (Å²) in [5.74, 6) is 0.359. The van der Waals surface area contributed by atoms with Crippen molar-refractivity contribution >= 4 is 17.9 Å². The molecule has 0 aliphatic heterocycles. The van der Waals surface area contributed by atoms with Crippen LogP contribution in [0.5, 0.6) is 11.5 Å². The predicted octanol–water partition coefficient (Wildman–Crippen LogP) is 8.89. The minimum atomic E-state index is -0.740. The van der Waals surface area contributed by atoms with Crippen LogP contribution in [-0.4, -0.2) is 68.4 Å². The second kappa shape index (κ2) is 29.3. The molecule has 1 aromatic carbocycles. The number of aliphatic carboxylic acids is 1. The Labute approximate surface area is 285 Å². The molecule has 0 saturated carbocycles. The lowest BCUT2D eigenvalue weighted by atomic mass is 10.1. The maximum absolute atomic E-state index is 12.3. The predicted molar refractivity (Wildman–Crippen MR) is 187 cm³/mol. The van der Waals surface area contributed by atoms with Gasteiger partial charge in [-0.25, -0.2) is 0 Å². The van der Waals surface area contributed by atoms with Crippen LogP contribution in [0.4, 0.5) is 0 Å². The van der Waals surface area contributed by atoms with Crippen molar-refractivity contribution in [2.75, 3.05) is 40.5 Å². The smallest absolute Gasteiger partial charge is 0.306 e. The van der Waals surface area contributed by atoms with Gasteiger partial charge < -0.3 is 29.0 Å². The van der Waals surface area contributed by atoms with E-state index in [0.29, 0.717) is 50.6 Å². The van der Waals surface area contributed by atoms with E-state index in [0.717, 1.165) is 89.2 Å². The van der Waals surface area contributed by atoms with Crippen molar-refractivity contribution in [3.63, 3.8) is 0 Å². The second-order valence-corrected chi connectivity index (χ2v) is 12.8. The van der Waals surface area contributed by atoms with Gasteiger partial charge in [0.05, 0.1) is 19.8 Å². The van der Waals surface area contributed by atoms with Crippen molar-refractivity contribution in [2.45, 2.75) is 148 Å². The summed E-state index contributed by atoms with van der Waals surface area (Å²) < 4.78 is 23.0. The van der Waals surface area contributed by atoms with E-state index in [1.807, 2.05) is 37.2 Å². The molecule has 0 aliphatic carbocycles. The SMILES string of the molecule is CCCCCCCCCOC(=O)CCCCCCCOc1ccc(OCCCCCCCC(=O)O)cc1COC(=O)CCCN(C)C. The zero-order chi connectivity index (χ0) is 34.4. The highest BCUT2D eigenvalue weighted by molar-refractivity contribution is 5.69. The lowest BCUT2D eigenvalue weighted by Crippen LogP contribution is -2.15. The largest absolute Gasteiger partial charge is 0.494 e. The van der Waals surface area contributed by atoms with Crippen molar-refractivity contribution in [3.05, 3.63) is 23.8 Å². The number of carboxylic acid groups (broad SMARTS) is 1. The number of hydrogen-bond acceptors (Lipinski definition) is 8. The number of benzene rings is 1. The molecule has 0 amide bonds. The van der Waals surface area contributed by atoms with Crippen LogP contribution in [0.2, 0.25) is 0 Å². The second-order valence-electron chi connectivity index (χ2n) is 12.8. The van der Waals surface area contributed by atoms with Crippen LogP contribution in [0.1, 0.15) is 147 Å². The summed E-state index contributed by atoms with van der Waals surface area (Å²) >= 11 is 0. The van der Waals surface area contributed by atoms with Crippen LogP contribution in [0.15, 0.2) is 18.2 Å². The topological polar surface area (TPSA) is 112 Å². The van der Waals surface area contributed by atoms with Crippen molar-refractivity contribution in [1.29, 1.82) is 0 Å². The molecule has 1 N–H and O–H groups in total. The molecule has 0 heterocycles. The van der Waals surface area contributed by atoms with Gasteiger partial charge in [0.2, 0.25) is 0 Å². The van der Waals surface area contributed by atoms with E-state index in [-0.39, 0.29) is 25.0 Å². The van der Waals surface area contributed by atoms with Crippen LogP contribution >= 0.6 is 0 Å². The van der Waals surface area contributed by atoms with Gasteiger partial charge in [0.1, 0.15) is 18.1 Å². The fourth-order valence-corrected chi connectivity index (χ4v) is 5.17. The first-order chi connectivity index (χ1) is 22.8. The van der Waals surface area contributed by atoms with Crippen molar-refractivity contribution < 1.29 is 38.4 Å². The highest BCUT2D eigenvalue weighted by atomic mass is 16.5. The fraction of sp³-hybridized carbons (Fsp3) is 0.763. The molecule has 0 radical (unpaired) electrons. The number of hydrogen-bond donors (Lipinski definition) is 1. The van der Waals surface area contributed by atoms with E-state index >= 15 is 0 Å². The molecule has 0 fully saturated rings. The molecule has 0 saturated heterocycles. The van der Waals surface area contributed by atoms with E-state index in [1.54, 1.807) is 0 Å². The summed E-state index contributed by atoms with van der Waals surface area (Å²) in [5, 5.41) is 8.74. The Bertz CT molecular complexity index is 952. The normalized spacial score (nSPS) is 11.1. The Morgan fingerprint density at radius 1 is 0.617 bits per heavy atom. The van der Waals surface area contributed by atoms with Gasteiger partial charge in [0.25, 0.3) is 0 Å². The number of esters is 2. The van der Waals surface area contributed by atoms with E-state index < -0.39 is 5.97 Å². The van der Waals surface area contributed by atoms with Gasteiger partial charge in [-0.05, 0) is 77.4 Å². The van der Waals surface area contributed by atoms with E-state index in [1.165, 1.54) is 32.1 Å². The van der Waals surface area contributed by atoms with Gasteiger partial charge in [-0.1, -0.05) is 84.0 Å². The molecule has 0 aliphatic rings. The van der Waals surface area contributed by atoms with Gasteiger partial charge in [-0.2, -0.15) is 0 Å². The maximum Gasteiger partial charge on any atom is 0.306 e. The highest BCUT2D eigenvalue weighted by Crippen LogP contribution is 2.26. The average Bonchev–Trinajstić information content (AvgIpc) is 3.04. The zero-order valence-electron chi connectivity index (χ0n) is 29.9. The number of carboxylic acids is 1. The summed E-state index contributed by atoms with van der Waals surface area (Å²) in [6, 6.07) is 5.66.